The highest BCUT2D eigenvalue weighted by molar-refractivity contribution is 5.99. The molecule has 4 heterocycles. The standard InChI is InChI=1S/C35H39FN8O6/c1-35(2,3)50-33(48)38-15-14-37-30(45)21-7-6-8-25(17-21)43-29-26(18-22(36)19-39-29)32(47)44(34(43)49)24-12-10-23(11-13-24)40-31(46)27-20-42-16-5-4-9-28(42)41-27/h4-9,16-19,23-24,27H,10-15,20H2,1-3H3,(H,37,45)(H,38,48)(H,40,46). The summed E-state index contributed by atoms with van der Waals surface area (Å²) in [5.41, 5.74) is -1.56. The van der Waals surface area contributed by atoms with Gasteiger partial charge in [0, 0.05) is 36.9 Å². The number of hydrogen-bond donors (Lipinski definition) is 3. The number of allylic oxidation sites excluding steroid dienone is 2. The summed E-state index contributed by atoms with van der Waals surface area (Å²) in [6.45, 7) is 5.93. The van der Waals surface area contributed by atoms with Gasteiger partial charge in [-0.2, -0.15) is 0 Å². The minimum absolute atomic E-state index is 0.0445. The molecule has 262 valence electrons. The van der Waals surface area contributed by atoms with Crippen molar-refractivity contribution < 1.29 is 23.5 Å². The Morgan fingerprint density at radius 2 is 1.78 bits per heavy atom. The van der Waals surface area contributed by atoms with Crippen LogP contribution in [0, 0.1) is 5.82 Å². The number of aromatic nitrogens is 3. The monoisotopic (exact) mass is 686 g/mol. The maximum absolute atomic E-state index is 14.4. The van der Waals surface area contributed by atoms with E-state index in [2.05, 4.69) is 25.9 Å². The Hall–Kier alpha value is -5.60. The van der Waals surface area contributed by atoms with Crippen LogP contribution in [-0.4, -0.2) is 80.1 Å². The summed E-state index contributed by atoms with van der Waals surface area (Å²) in [6, 6.07) is 6.08. The van der Waals surface area contributed by atoms with E-state index in [-0.39, 0.29) is 47.3 Å². The van der Waals surface area contributed by atoms with Gasteiger partial charge < -0.3 is 25.6 Å². The third-order valence-corrected chi connectivity index (χ3v) is 8.62. The number of aliphatic imine (C=N–C) groups is 1. The molecule has 1 atom stereocenters. The van der Waals surface area contributed by atoms with E-state index in [0.717, 1.165) is 22.7 Å². The van der Waals surface area contributed by atoms with Gasteiger partial charge in [0.15, 0.2) is 5.65 Å². The number of nitrogens with one attached hydrogen (secondary N) is 3. The summed E-state index contributed by atoms with van der Waals surface area (Å²) in [6.07, 6.45) is 9.70. The van der Waals surface area contributed by atoms with Gasteiger partial charge in [-0.3, -0.25) is 23.9 Å². The van der Waals surface area contributed by atoms with Crippen LogP contribution in [0.2, 0.25) is 0 Å². The molecule has 2 aromatic heterocycles. The Morgan fingerprint density at radius 1 is 1.02 bits per heavy atom. The Balaban J connectivity index is 1.18. The van der Waals surface area contributed by atoms with Gasteiger partial charge in [-0.05, 0) is 82.9 Å². The van der Waals surface area contributed by atoms with Gasteiger partial charge in [-0.25, -0.2) is 23.5 Å². The van der Waals surface area contributed by atoms with Gasteiger partial charge in [0.05, 0.1) is 23.8 Å². The second kappa shape index (κ2) is 14.1. The molecule has 3 N–H and O–H groups in total. The number of benzene rings is 1. The van der Waals surface area contributed by atoms with Gasteiger partial charge >= 0.3 is 11.8 Å². The molecular formula is C35H39FN8O6. The van der Waals surface area contributed by atoms with Gasteiger partial charge in [0.1, 0.15) is 23.3 Å². The molecule has 0 bridgehead atoms. The van der Waals surface area contributed by atoms with Crippen LogP contribution in [0.5, 0.6) is 0 Å². The van der Waals surface area contributed by atoms with E-state index in [4.69, 9.17) is 4.74 Å². The molecule has 1 aromatic carbocycles. The molecule has 14 nitrogen and oxygen atoms in total. The van der Waals surface area contributed by atoms with Gasteiger partial charge in [-0.1, -0.05) is 12.1 Å². The van der Waals surface area contributed by atoms with Crippen LogP contribution < -0.4 is 27.2 Å². The molecule has 15 heteroatoms. The number of amidine groups is 1. The van der Waals surface area contributed by atoms with Crippen molar-refractivity contribution in [3.8, 4) is 5.69 Å². The normalized spacial score (nSPS) is 19.9. The Morgan fingerprint density at radius 3 is 2.52 bits per heavy atom. The summed E-state index contributed by atoms with van der Waals surface area (Å²) >= 11 is 0. The molecule has 2 aliphatic heterocycles. The number of amides is 3. The average molecular weight is 687 g/mol. The number of pyridine rings is 1. The second-order valence-corrected chi connectivity index (χ2v) is 13.4. The van der Waals surface area contributed by atoms with E-state index in [9.17, 15) is 28.4 Å². The Bertz CT molecular complexity index is 2040. The smallest absolute Gasteiger partial charge is 0.407 e. The first kappa shape index (κ1) is 34.3. The Labute approximate surface area is 286 Å². The van der Waals surface area contributed by atoms with Crippen molar-refractivity contribution in [2.24, 2.45) is 4.99 Å². The van der Waals surface area contributed by atoms with Crippen molar-refractivity contribution in [2.45, 2.75) is 70.2 Å². The lowest BCUT2D eigenvalue weighted by Gasteiger charge is -2.30. The zero-order valence-electron chi connectivity index (χ0n) is 28.0. The summed E-state index contributed by atoms with van der Waals surface area (Å²) in [7, 11) is 0. The molecule has 0 radical (unpaired) electrons. The molecule has 0 saturated heterocycles. The third-order valence-electron chi connectivity index (χ3n) is 8.62. The van der Waals surface area contributed by atoms with Crippen LogP contribution in [0.1, 0.15) is 62.9 Å². The van der Waals surface area contributed by atoms with Crippen molar-refractivity contribution in [3.05, 3.63) is 93.2 Å². The maximum atomic E-state index is 14.4. The van der Waals surface area contributed by atoms with Gasteiger partial charge in [0.25, 0.3) is 11.5 Å². The van der Waals surface area contributed by atoms with E-state index in [1.807, 2.05) is 29.3 Å². The Kier molecular flexibility index (Phi) is 9.66. The predicted octanol–water partition coefficient (Wildman–Crippen LogP) is 2.71. The van der Waals surface area contributed by atoms with Crippen molar-refractivity contribution in [1.29, 1.82) is 0 Å². The third kappa shape index (κ3) is 7.51. The number of hydrogen-bond acceptors (Lipinski definition) is 9. The molecule has 1 saturated carbocycles. The maximum Gasteiger partial charge on any atom is 0.407 e. The fraction of sp³-hybridized carbons (Fsp3) is 0.400. The molecule has 1 aliphatic carbocycles. The van der Waals surface area contributed by atoms with Gasteiger partial charge in [-0.15, -0.1) is 0 Å². The molecule has 3 aromatic rings. The van der Waals surface area contributed by atoms with E-state index in [0.29, 0.717) is 32.2 Å². The highest BCUT2D eigenvalue weighted by atomic mass is 19.1. The predicted molar refractivity (Wildman–Crippen MR) is 184 cm³/mol. The summed E-state index contributed by atoms with van der Waals surface area (Å²) in [5.74, 6) is -0.626. The number of ether oxygens (including phenoxy) is 1. The van der Waals surface area contributed by atoms with E-state index in [1.54, 1.807) is 39.0 Å². The van der Waals surface area contributed by atoms with Crippen molar-refractivity contribution >= 4 is 34.8 Å². The molecule has 3 aliphatic rings. The number of alkyl carbamates (subject to hydrolysis) is 1. The quantitative estimate of drug-likeness (QED) is 0.304. The van der Waals surface area contributed by atoms with Crippen LogP contribution in [0.3, 0.4) is 0 Å². The second-order valence-electron chi connectivity index (χ2n) is 13.4. The first-order valence-corrected chi connectivity index (χ1v) is 16.6. The first-order chi connectivity index (χ1) is 23.9. The molecule has 0 spiro atoms. The zero-order valence-corrected chi connectivity index (χ0v) is 28.0. The summed E-state index contributed by atoms with van der Waals surface area (Å²) < 4.78 is 22.0. The van der Waals surface area contributed by atoms with Crippen LogP contribution in [-0.2, 0) is 9.53 Å². The fourth-order valence-corrected chi connectivity index (χ4v) is 6.32. The van der Waals surface area contributed by atoms with Gasteiger partial charge in [0.2, 0.25) is 5.91 Å². The SMILES string of the molecule is CC(C)(C)OC(=O)NCCNC(=O)c1cccc(-n2c(=O)n(C3CCC(NC(=O)C4CN5C=CC=CC5=N4)CC3)c(=O)c3cc(F)cnc32)c1. The topological polar surface area (TPSA) is 169 Å². The van der Waals surface area contributed by atoms with Crippen LogP contribution >= 0.6 is 0 Å². The van der Waals surface area contributed by atoms with Crippen LogP contribution in [0.15, 0.2) is 75.5 Å². The van der Waals surface area contributed by atoms with E-state index >= 15 is 0 Å². The summed E-state index contributed by atoms with van der Waals surface area (Å²) in [4.78, 5) is 76.3. The van der Waals surface area contributed by atoms with E-state index in [1.165, 1.54) is 10.6 Å². The van der Waals surface area contributed by atoms with Crippen LogP contribution in [0.25, 0.3) is 16.7 Å². The van der Waals surface area contributed by atoms with Crippen molar-refractivity contribution in [1.82, 2.24) is 35.0 Å². The average Bonchev–Trinajstić information content (AvgIpc) is 3.52. The van der Waals surface area contributed by atoms with Crippen molar-refractivity contribution in [3.63, 3.8) is 0 Å². The number of carbonyl (C=O) groups excluding carboxylic acids is 3. The molecule has 6 rings (SSSR count). The highest BCUT2D eigenvalue weighted by Crippen LogP contribution is 2.28. The molecule has 3 amide bonds. The largest absolute Gasteiger partial charge is 0.444 e. The minimum Gasteiger partial charge on any atom is -0.444 e. The summed E-state index contributed by atoms with van der Waals surface area (Å²) in [5, 5.41) is 8.28. The number of rotatable bonds is 8. The molecule has 1 fully saturated rings. The lowest BCUT2D eigenvalue weighted by Crippen LogP contribution is -2.47. The molecule has 50 heavy (non-hydrogen) atoms. The van der Waals surface area contributed by atoms with Crippen molar-refractivity contribution in [2.75, 3.05) is 19.6 Å². The molecular weight excluding hydrogens is 647 g/mol. The van der Waals surface area contributed by atoms with Crippen LogP contribution in [0.4, 0.5) is 9.18 Å². The number of halogens is 1. The highest BCUT2D eigenvalue weighted by Gasteiger charge is 2.32. The molecule has 1 unspecified atom stereocenters. The minimum atomic E-state index is -0.733. The number of nitrogens with zero attached hydrogens (tertiary/aromatic N) is 5. The number of fused-ring (bicyclic) bond motifs is 2. The number of carbonyl (C=O) groups is 3. The lowest BCUT2D eigenvalue weighted by atomic mass is 9.90. The zero-order chi connectivity index (χ0) is 35.6. The first-order valence-electron chi connectivity index (χ1n) is 16.6. The fourth-order valence-electron chi connectivity index (χ4n) is 6.32. The lowest BCUT2D eigenvalue weighted by molar-refractivity contribution is -0.123. The van der Waals surface area contributed by atoms with E-state index < -0.39 is 46.8 Å².